The van der Waals surface area contributed by atoms with Gasteiger partial charge in [0.25, 0.3) is 0 Å². The molecule has 0 spiro atoms. The molecule has 0 bridgehead atoms. The number of benzene rings is 2. The number of ether oxygens (including phenoxy) is 2. The summed E-state index contributed by atoms with van der Waals surface area (Å²) in [5, 5.41) is 0. The fourth-order valence-electron chi connectivity index (χ4n) is 2.37. The second-order valence-corrected chi connectivity index (χ2v) is 5.11. The van der Waals surface area contributed by atoms with Gasteiger partial charge in [-0.1, -0.05) is 12.1 Å². The molecular weight excluding hydrogens is 292 g/mol. The molecule has 3 aromatic rings. The molecule has 2 aromatic carbocycles. The summed E-state index contributed by atoms with van der Waals surface area (Å²) in [6, 6.07) is 14.9. The SMILES string of the molecule is CCOC(=O)c1ccc(OCc2nc3ccccc3n2C)cc1. The fourth-order valence-corrected chi connectivity index (χ4v) is 2.37. The van der Waals surface area contributed by atoms with Crippen molar-refractivity contribution in [2.75, 3.05) is 6.61 Å². The van der Waals surface area contributed by atoms with Gasteiger partial charge < -0.3 is 14.0 Å². The lowest BCUT2D eigenvalue weighted by Crippen LogP contribution is -2.05. The van der Waals surface area contributed by atoms with Crippen molar-refractivity contribution in [1.82, 2.24) is 9.55 Å². The first-order chi connectivity index (χ1) is 11.2. The number of imidazole rings is 1. The molecule has 118 valence electrons. The number of esters is 1. The van der Waals surface area contributed by atoms with Crippen LogP contribution in [0.5, 0.6) is 5.75 Å². The number of hydrogen-bond acceptors (Lipinski definition) is 4. The average molecular weight is 310 g/mol. The molecular formula is C18H18N2O3. The maximum absolute atomic E-state index is 11.6. The maximum Gasteiger partial charge on any atom is 0.338 e. The van der Waals surface area contributed by atoms with E-state index in [1.807, 2.05) is 35.9 Å². The molecule has 0 saturated heterocycles. The van der Waals surface area contributed by atoms with Crippen molar-refractivity contribution < 1.29 is 14.3 Å². The molecule has 0 N–H and O–H groups in total. The van der Waals surface area contributed by atoms with Crippen LogP contribution in [-0.4, -0.2) is 22.1 Å². The van der Waals surface area contributed by atoms with Gasteiger partial charge in [0, 0.05) is 7.05 Å². The highest BCUT2D eigenvalue weighted by atomic mass is 16.5. The first-order valence-corrected chi connectivity index (χ1v) is 7.49. The summed E-state index contributed by atoms with van der Waals surface area (Å²) in [6.45, 7) is 2.51. The van der Waals surface area contributed by atoms with Crippen LogP contribution in [0.4, 0.5) is 0 Å². The van der Waals surface area contributed by atoms with Crippen LogP contribution in [0, 0.1) is 0 Å². The predicted octanol–water partition coefficient (Wildman–Crippen LogP) is 3.33. The summed E-state index contributed by atoms with van der Waals surface area (Å²) < 4.78 is 12.7. The van der Waals surface area contributed by atoms with Gasteiger partial charge in [-0.2, -0.15) is 0 Å². The van der Waals surface area contributed by atoms with Gasteiger partial charge in [0.2, 0.25) is 0 Å². The van der Waals surface area contributed by atoms with Gasteiger partial charge in [-0.25, -0.2) is 9.78 Å². The number of aromatic nitrogens is 2. The molecule has 0 aliphatic carbocycles. The van der Waals surface area contributed by atoms with E-state index in [-0.39, 0.29) is 5.97 Å². The lowest BCUT2D eigenvalue weighted by Gasteiger charge is -2.07. The first-order valence-electron chi connectivity index (χ1n) is 7.49. The van der Waals surface area contributed by atoms with E-state index in [4.69, 9.17) is 9.47 Å². The van der Waals surface area contributed by atoms with Crippen LogP contribution in [0.25, 0.3) is 11.0 Å². The van der Waals surface area contributed by atoms with Crippen LogP contribution in [-0.2, 0) is 18.4 Å². The maximum atomic E-state index is 11.6. The quantitative estimate of drug-likeness (QED) is 0.678. The van der Waals surface area contributed by atoms with Gasteiger partial charge in [-0.3, -0.25) is 0 Å². The molecule has 0 amide bonds. The van der Waals surface area contributed by atoms with Gasteiger partial charge in [0.15, 0.2) is 0 Å². The minimum atomic E-state index is -0.325. The van der Waals surface area contributed by atoms with Crippen LogP contribution in [0.3, 0.4) is 0 Å². The number of carbonyl (C=O) groups is 1. The Bertz CT molecular complexity index is 822. The second-order valence-electron chi connectivity index (χ2n) is 5.11. The Morgan fingerprint density at radius 3 is 2.57 bits per heavy atom. The lowest BCUT2D eigenvalue weighted by atomic mass is 10.2. The third kappa shape index (κ3) is 3.18. The van der Waals surface area contributed by atoms with E-state index in [0.717, 1.165) is 16.9 Å². The van der Waals surface area contributed by atoms with Crippen molar-refractivity contribution in [2.45, 2.75) is 13.5 Å². The molecule has 1 aromatic heterocycles. The van der Waals surface area contributed by atoms with E-state index in [2.05, 4.69) is 4.98 Å². The Morgan fingerprint density at radius 1 is 1.13 bits per heavy atom. The zero-order chi connectivity index (χ0) is 16.2. The second kappa shape index (κ2) is 6.52. The normalized spacial score (nSPS) is 10.7. The predicted molar refractivity (Wildman–Crippen MR) is 87.4 cm³/mol. The number of hydrogen-bond donors (Lipinski definition) is 0. The Hall–Kier alpha value is -2.82. The number of carbonyl (C=O) groups excluding carboxylic acids is 1. The smallest absolute Gasteiger partial charge is 0.338 e. The molecule has 5 heteroatoms. The highest BCUT2D eigenvalue weighted by molar-refractivity contribution is 5.89. The summed E-state index contributed by atoms with van der Waals surface area (Å²) >= 11 is 0. The summed E-state index contributed by atoms with van der Waals surface area (Å²) in [5.41, 5.74) is 2.54. The van der Waals surface area contributed by atoms with Crippen molar-refractivity contribution in [3.63, 3.8) is 0 Å². The van der Waals surface area contributed by atoms with Crippen molar-refractivity contribution in [2.24, 2.45) is 7.05 Å². The topological polar surface area (TPSA) is 53.4 Å². The number of nitrogens with zero attached hydrogens (tertiary/aromatic N) is 2. The van der Waals surface area contributed by atoms with E-state index in [1.165, 1.54) is 0 Å². The molecule has 0 radical (unpaired) electrons. The molecule has 3 rings (SSSR count). The summed E-state index contributed by atoms with van der Waals surface area (Å²) in [7, 11) is 1.97. The Balaban J connectivity index is 1.70. The minimum absolute atomic E-state index is 0.325. The molecule has 0 fully saturated rings. The summed E-state index contributed by atoms with van der Waals surface area (Å²) in [5.74, 6) is 1.21. The fraction of sp³-hybridized carbons (Fsp3) is 0.222. The van der Waals surface area contributed by atoms with Crippen LogP contribution in [0.15, 0.2) is 48.5 Å². The van der Waals surface area contributed by atoms with Crippen molar-refractivity contribution in [3.05, 3.63) is 59.9 Å². The van der Waals surface area contributed by atoms with Crippen molar-refractivity contribution in [1.29, 1.82) is 0 Å². The van der Waals surface area contributed by atoms with Crippen LogP contribution >= 0.6 is 0 Å². The third-order valence-corrected chi connectivity index (χ3v) is 3.61. The van der Waals surface area contributed by atoms with E-state index < -0.39 is 0 Å². The van der Waals surface area contributed by atoms with Crippen LogP contribution < -0.4 is 4.74 Å². The number of rotatable bonds is 5. The summed E-state index contributed by atoms with van der Waals surface area (Å²) in [4.78, 5) is 16.2. The van der Waals surface area contributed by atoms with E-state index in [9.17, 15) is 4.79 Å². The highest BCUT2D eigenvalue weighted by Crippen LogP contribution is 2.17. The molecule has 0 atom stereocenters. The van der Waals surface area contributed by atoms with Gasteiger partial charge in [0.1, 0.15) is 18.2 Å². The van der Waals surface area contributed by atoms with E-state index >= 15 is 0 Å². The van der Waals surface area contributed by atoms with Gasteiger partial charge in [-0.15, -0.1) is 0 Å². The van der Waals surface area contributed by atoms with Crippen molar-refractivity contribution >= 4 is 17.0 Å². The van der Waals surface area contributed by atoms with E-state index in [1.54, 1.807) is 31.2 Å². The standard InChI is InChI=1S/C18H18N2O3/c1-3-22-18(21)13-8-10-14(11-9-13)23-12-17-19-15-6-4-5-7-16(15)20(17)2/h4-11H,3,12H2,1-2H3. The lowest BCUT2D eigenvalue weighted by molar-refractivity contribution is 0.0526. The summed E-state index contributed by atoms with van der Waals surface area (Å²) in [6.07, 6.45) is 0. The number of fused-ring (bicyclic) bond motifs is 1. The van der Waals surface area contributed by atoms with Gasteiger partial charge in [0.05, 0.1) is 23.2 Å². The van der Waals surface area contributed by atoms with Crippen LogP contribution in [0.2, 0.25) is 0 Å². The molecule has 1 heterocycles. The van der Waals surface area contributed by atoms with Crippen LogP contribution in [0.1, 0.15) is 23.1 Å². The largest absolute Gasteiger partial charge is 0.486 e. The van der Waals surface area contributed by atoms with E-state index in [0.29, 0.717) is 24.5 Å². The minimum Gasteiger partial charge on any atom is -0.486 e. The highest BCUT2D eigenvalue weighted by Gasteiger charge is 2.09. The van der Waals surface area contributed by atoms with Gasteiger partial charge in [-0.05, 0) is 43.3 Å². The molecule has 0 saturated carbocycles. The molecule has 0 aliphatic rings. The molecule has 0 aliphatic heterocycles. The van der Waals surface area contributed by atoms with Crippen molar-refractivity contribution in [3.8, 4) is 5.75 Å². The monoisotopic (exact) mass is 310 g/mol. The molecule has 0 unspecified atom stereocenters. The molecule has 23 heavy (non-hydrogen) atoms. The Labute approximate surface area is 134 Å². The average Bonchev–Trinajstić information content (AvgIpc) is 2.90. The van der Waals surface area contributed by atoms with Gasteiger partial charge >= 0.3 is 5.97 Å². The zero-order valence-corrected chi connectivity index (χ0v) is 13.2. The number of aryl methyl sites for hydroxylation is 1. The third-order valence-electron chi connectivity index (χ3n) is 3.61. The Morgan fingerprint density at radius 2 is 1.87 bits per heavy atom. The molecule has 5 nitrogen and oxygen atoms in total. The number of para-hydroxylation sites is 2. The first kappa shape index (κ1) is 15.1. The zero-order valence-electron chi connectivity index (χ0n) is 13.2. The Kier molecular flexibility index (Phi) is 4.28.